The van der Waals surface area contributed by atoms with E-state index in [0.29, 0.717) is 29.1 Å². The molecule has 0 aliphatic heterocycles. The lowest BCUT2D eigenvalue weighted by Gasteiger charge is -2.08. The van der Waals surface area contributed by atoms with E-state index in [1.165, 1.54) is 19.2 Å². The summed E-state index contributed by atoms with van der Waals surface area (Å²) in [5, 5.41) is 5.11. The van der Waals surface area contributed by atoms with E-state index in [1.807, 2.05) is 6.07 Å². The van der Waals surface area contributed by atoms with E-state index in [1.54, 1.807) is 30.8 Å². The first-order valence-corrected chi connectivity index (χ1v) is 7.16. The normalized spacial score (nSPS) is 11.0. The summed E-state index contributed by atoms with van der Waals surface area (Å²) in [4.78, 5) is 16.2. The molecule has 0 N–H and O–H groups in total. The van der Waals surface area contributed by atoms with Gasteiger partial charge in [-0.2, -0.15) is 5.10 Å². The molecule has 3 aromatic rings. The van der Waals surface area contributed by atoms with Gasteiger partial charge in [0.1, 0.15) is 11.4 Å². The lowest BCUT2D eigenvalue weighted by atomic mass is 10.1. The fraction of sp³-hybridized carbons (Fsp3) is 0.235. The topological polar surface area (TPSA) is 57.0 Å². The molecular weight excluding hydrogens is 297 g/mol. The van der Waals surface area contributed by atoms with Crippen LogP contribution in [0.3, 0.4) is 0 Å². The summed E-state index contributed by atoms with van der Waals surface area (Å²) >= 11 is 0. The van der Waals surface area contributed by atoms with Gasteiger partial charge < -0.3 is 4.74 Å². The number of carbonyl (C=O) groups excluding carboxylic acids is 1. The number of nitrogens with zero attached hydrogens (tertiary/aromatic N) is 3. The van der Waals surface area contributed by atoms with Gasteiger partial charge in [0.15, 0.2) is 0 Å². The number of hydrogen-bond acceptors (Lipinski definition) is 4. The molecule has 5 nitrogen and oxygen atoms in total. The molecule has 0 bridgehead atoms. The molecule has 0 spiro atoms. The van der Waals surface area contributed by atoms with Crippen LogP contribution in [0.25, 0.3) is 10.9 Å². The number of aromatic nitrogens is 3. The number of carbonyl (C=O) groups is 1. The highest BCUT2D eigenvalue weighted by atomic mass is 19.1. The van der Waals surface area contributed by atoms with Gasteiger partial charge in [0, 0.05) is 17.1 Å². The molecule has 0 fully saturated rings. The maximum absolute atomic E-state index is 13.8. The second-order valence-electron chi connectivity index (χ2n) is 5.34. The number of pyridine rings is 1. The van der Waals surface area contributed by atoms with Crippen LogP contribution in [0.1, 0.15) is 27.3 Å². The minimum absolute atomic E-state index is 0.324. The van der Waals surface area contributed by atoms with Crippen molar-refractivity contribution in [3.05, 3.63) is 58.8 Å². The average Bonchev–Trinajstić information content (AvgIpc) is 2.80. The monoisotopic (exact) mass is 313 g/mol. The summed E-state index contributed by atoms with van der Waals surface area (Å²) in [5.74, 6) is -0.747. The number of halogens is 1. The fourth-order valence-corrected chi connectivity index (χ4v) is 2.76. The number of methoxy groups -OCH3 is 1. The minimum Gasteiger partial charge on any atom is -0.465 e. The second kappa shape index (κ2) is 5.79. The van der Waals surface area contributed by atoms with Crippen LogP contribution in [0.4, 0.5) is 4.39 Å². The Morgan fingerprint density at radius 2 is 2.13 bits per heavy atom. The molecule has 3 rings (SSSR count). The number of benzene rings is 1. The van der Waals surface area contributed by atoms with Gasteiger partial charge in [0.25, 0.3) is 0 Å². The molecule has 0 saturated heterocycles. The standard InChI is InChI=1S/C17H16FN3O2/c1-10-15(17(22)23-3)11(2)21(20-10)9-13-8-14(18)7-12-5-4-6-19-16(12)13/h4-8H,9H2,1-3H3. The molecule has 23 heavy (non-hydrogen) atoms. The Labute approximate surface area is 132 Å². The van der Waals surface area contributed by atoms with E-state index >= 15 is 0 Å². The van der Waals surface area contributed by atoms with Gasteiger partial charge in [-0.3, -0.25) is 9.67 Å². The zero-order chi connectivity index (χ0) is 16.6. The number of rotatable bonds is 3. The van der Waals surface area contributed by atoms with E-state index in [0.717, 1.165) is 10.9 Å². The van der Waals surface area contributed by atoms with Gasteiger partial charge in [0.05, 0.1) is 30.6 Å². The molecule has 2 heterocycles. The Hall–Kier alpha value is -2.76. The highest BCUT2D eigenvalue weighted by Crippen LogP contribution is 2.21. The van der Waals surface area contributed by atoms with Crippen LogP contribution in [-0.2, 0) is 11.3 Å². The summed E-state index contributed by atoms with van der Waals surface area (Å²) in [7, 11) is 1.34. The van der Waals surface area contributed by atoms with Crippen molar-refractivity contribution in [3.8, 4) is 0 Å². The SMILES string of the molecule is COC(=O)c1c(C)nn(Cc2cc(F)cc3cccnc23)c1C. The molecule has 0 atom stereocenters. The van der Waals surface area contributed by atoms with Gasteiger partial charge in [-0.1, -0.05) is 6.07 Å². The van der Waals surface area contributed by atoms with Crippen LogP contribution in [0, 0.1) is 19.7 Å². The number of aryl methyl sites for hydroxylation is 1. The second-order valence-corrected chi connectivity index (χ2v) is 5.34. The summed E-state index contributed by atoms with van der Waals surface area (Å²) in [6, 6.07) is 6.48. The molecule has 1 aromatic carbocycles. The fourth-order valence-electron chi connectivity index (χ4n) is 2.76. The Kier molecular flexibility index (Phi) is 3.82. The van der Waals surface area contributed by atoms with Crippen molar-refractivity contribution in [1.29, 1.82) is 0 Å². The first-order chi connectivity index (χ1) is 11.0. The van der Waals surface area contributed by atoms with Crippen LogP contribution in [-0.4, -0.2) is 27.8 Å². The first kappa shape index (κ1) is 15.1. The van der Waals surface area contributed by atoms with E-state index in [4.69, 9.17) is 4.74 Å². The molecular formula is C17H16FN3O2. The van der Waals surface area contributed by atoms with Crippen LogP contribution < -0.4 is 0 Å². The lowest BCUT2D eigenvalue weighted by molar-refractivity contribution is 0.0599. The largest absolute Gasteiger partial charge is 0.465 e. The molecule has 0 unspecified atom stereocenters. The van der Waals surface area contributed by atoms with E-state index in [-0.39, 0.29) is 5.82 Å². The van der Waals surface area contributed by atoms with Crippen molar-refractivity contribution in [2.45, 2.75) is 20.4 Å². The van der Waals surface area contributed by atoms with Crippen molar-refractivity contribution in [2.75, 3.05) is 7.11 Å². The Morgan fingerprint density at radius 1 is 1.35 bits per heavy atom. The van der Waals surface area contributed by atoms with Crippen LogP contribution in [0.15, 0.2) is 30.5 Å². The van der Waals surface area contributed by atoms with Gasteiger partial charge in [-0.05, 0) is 32.0 Å². The zero-order valence-electron chi connectivity index (χ0n) is 13.1. The van der Waals surface area contributed by atoms with Gasteiger partial charge in [-0.15, -0.1) is 0 Å². The first-order valence-electron chi connectivity index (χ1n) is 7.16. The molecule has 0 saturated carbocycles. The van der Waals surface area contributed by atoms with Crippen molar-refractivity contribution in [1.82, 2.24) is 14.8 Å². The number of esters is 1. The summed E-state index contributed by atoms with van der Waals surface area (Å²) in [5.41, 5.74) is 3.15. The molecule has 0 aliphatic carbocycles. The molecule has 0 aliphatic rings. The van der Waals surface area contributed by atoms with E-state index < -0.39 is 5.97 Å². The van der Waals surface area contributed by atoms with Crippen molar-refractivity contribution in [3.63, 3.8) is 0 Å². The van der Waals surface area contributed by atoms with Gasteiger partial charge >= 0.3 is 5.97 Å². The molecule has 6 heteroatoms. The third kappa shape index (κ3) is 2.67. The Bertz CT molecular complexity index is 902. The quantitative estimate of drug-likeness (QED) is 0.697. The van der Waals surface area contributed by atoms with Crippen molar-refractivity contribution < 1.29 is 13.9 Å². The van der Waals surface area contributed by atoms with Crippen LogP contribution in [0.2, 0.25) is 0 Å². The number of fused-ring (bicyclic) bond motifs is 1. The highest BCUT2D eigenvalue weighted by Gasteiger charge is 2.19. The van der Waals surface area contributed by atoms with Crippen molar-refractivity contribution in [2.24, 2.45) is 0 Å². The smallest absolute Gasteiger partial charge is 0.341 e. The van der Waals surface area contributed by atoms with Crippen molar-refractivity contribution >= 4 is 16.9 Å². The molecule has 0 radical (unpaired) electrons. The van der Waals surface area contributed by atoms with E-state index in [9.17, 15) is 9.18 Å². The predicted molar refractivity (Wildman–Crippen MR) is 83.8 cm³/mol. The molecule has 0 amide bonds. The third-order valence-electron chi connectivity index (χ3n) is 3.84. The maximum Gasteiger partial charge on any atom is 0.341 e. The maximum atomic E-state index is 13.8. The van der Waals surface area contributed by atoms with Gasteiger partial charge in [-0.25, -0.2) is 9.18 Å². The Morgan fingerprint density at radius 3 is 2.87 bits per heavy atom. The number of hydrogen-bond donors (Lipinski definition) is 0. The van der Waals surface area contributed by atoms with Crippen LogP contribution in [0.5, 0.6) is 0 Å². The third-order valence-corrected chi connectivity index (χ3v) is 3.84. The number of ether oxygens (including phenoxy) is 1. The zero-order valence-corrected chi connectivity index (χ0v) is 13.1. The van der Waals surface area contributed by atoms with E-state index in [2.05, 4.69) is 10.1 Å². The lowest BCUT2D eigenvalue weighted by Crippen LogP contribution is -2.08. The molecule has 118 valence electrons. The minimum atomic E-state index is -0.423. The van der Waals surface area contributed by atoms with Crippen LogP contribution >= 0.6 is 0 Å². The Balaban J connectivity index is 2.08. The summed E-state index contributed by atoms with van der Waals surface area (Å²) in [6.07, 6.45) is 1.67. The summed E-state index contributed by atoms with van der Waals surface area (Å²) < 4.78 is 20.3. The average molecular weight is 313 g/mol. The van der Waals surface area contributed by atoms with Gasteiger partial charge in [0.2, 0.25) is 0 Å². The summed E-state index contributed by atoms with van der Waals surface area (Å²) in [6.45, 7) is 3.87. The molecule has 2 aromatic heterocycles. The highest BCUT2D eigenvalue weighted by molar-refractivity contribution is 5.91. The predicted octanol–water partition coefficient (Wildman–Crippen LogP) is 3.02.